The monoisotopic (exact) mass is 334 g/mol. The van der Waals surface area contributed by atoms with Gasteiger partial charge in [0.25, 0.3) is 0 Å². The van der Waals surface area contributed by atoms with E-state index < -0.39 is 0 Å². The maximum absolute atomic E-state index is 4.64. The summed E-state index contributed by atoms with van der Waals surface area (Å²) in [5.74, 6) is 1.80. The van der Waals surface area contributed by atoms with Gasteiger partial charge in [-0.3, -0.25) is 4.98 Å². The van der Waals surface area contributed by atoms with E-state index in [1.807, 2.05) is 24.4 Å². The molecule has 0 bridgehead atoms. The normalized spacial score (nSPS) is 10.5. The van der Waals surface area contributed by atoms with Crippen molar-refractivity contribution in [1.82, 2.24) is 15.0 Å². The quantitative estimate of drug-likeness (QED) is 0.758. The minimum Gasteiger partial charge on any atom is -0.364 e. The lowest BCUT2D eigenvalue weighted by Crippen LogP contribution is -2.05. The van der Waals surface area contributed by atoms with Crippen molar-refractivity contribution in [2.75, 3.05) is 5.32 Å². The van der Waals surface area contributed by atoms with Crippen molar-refractivity contribution in [2.24, 2.45) is 0 Å². The summed E-state index contributed by atoms with van der Waals surface area (Å²) in [4.78, 5) is 16.0. The lowest BCUT2D eigenvalue weighted by Gasteiger charge is -2.07. The number of rotatable bonds is 5. The van der Waals surface area contributed by atoms with E-state index in [9.17, 15) is 0 Å². The molecule has 3 aromatic rings. The van der Waals surface area contributed by atoms with Crippen LogP contribution >= 0.6 is 23.7 Å². The highest BCUT2D eigenvalue weighted by Gasteiger charge is 2.10. The van der Waals surface area contributed by atoms with Crippen LogP contribution in [0.25, 0.3) is 10.2 Å². The molecule has 3 aromatic heterocycles. The van der Waals surface area contributed by atoms with Gasteiger partial charge in [-0.15, -0.1) is 23.7 Å². The molecule has 0 saturated carbocycles. The Morgan fingerprint density at radius 2 is 2.00 bits per heavy atom. The van der Waals surface area contributed by atoms with Gasteiger partial charge in [0.15, 0.2) is 0 Å². The predicted molar refractivity (Wildman–Crippen MR) is 95.0 cm³/mol. The third kappa shape index (κ3) is 3.54. The van der Waals surface area contributed by atoms with Crippen molar-refractivity contribution >= 4 is 39.8 Å². The van der Waals surface area contributed by atoms with Crippen LogP contribution in [0.5, 0.6) is 0 Å². The summed E-state index contributed by atoms with van der Waals surface area (Å²) in [6.07, 6.45) is 3.68. The molecule has 0 aliphatic heterocycles. The van der Waals surface area contributed by atoms with Crippen molar-refractivity contribution in [3.8, 4) is 0 Å². The molecule has 0 radical (unpaired) electrons. The van der Waals surface area contributed by atoms with Gasteiger partial charge in [-0.05, 0) is 24.6 Å². The minimum atomic E-state index is 0. The van der Waals surface area contributed by atoms with Gasteiger partial charge >= 0.3 is 0 Å². The van der Waals surface area contributed by atoms with E-state index in [1.54, 1.807) is 11.3 Å². The summed E-state index contributed by atoms with van der Waals surface area (Å²) in [6, 6.07) is 8.13. The van der Waals surface area contributed by atoms with E-state index in [2.05, 4.69) is 40.2 Å². The third-order valence-electron chi connectivity index (χ3n) is 3.32. The van der Waals surface area contributed by atoms with Gasteiger partial charge in [-0.25, -0.2) is 9.97 Å². The highest BCUT2D eigenvalue weighted by atomic mass is 35.5. The Hall–Kier alpha value is -1.72. The summed E-state index contributed by atoms with van der Waals surface area (Å²) in [6.45, 7) is 4.92. The highest BCUT2D eigenvalue weighted by molar-refractivity contribution is 7.18. The lowest BCUT2D eigenvalue weighted by molar-refractivity contribution is 0.950. The Morgan fingerprint density at radius 1 is 1.14 bits per heavy atom. The summed E-state index contributed by atoms with van der Waals surface area (Å²) in [7, 11) is 0. The van der Waals surface area contributed by atoms with Gasteiger partial charge in [0, 0.05) is 17.5 Å². The van der Waals surface area contributed by atoms with Gasteiger partial charge in [0.2, 0.25) is 0 Å². The molecule has 4 nitrogen and oxygen atoms in total. The maximum Gasteiger partial charge on any atom is 0.138 e. The molecule has 3 rings (SSSR count). The molecule has 22 heavy (non-hydrogen) atoms. The number of anilines is 1. The number of fused-ring (bicyclic) bond motifs is 1. The fraction of sp³-hybridized carbons (Fsp3) is 0.312. The Kier molecular flexibility index (Phi) is 5.69. The van der Waals surface area contributed by atoms with E-state index in [-0.39, 0.29) is 12.4 Å². The molecule has 0 aliphatic carbocycles. The van der Waals surface area contributed by atoms with Gasteiger partial charge in [-0.2, -0.15) is 0 Å². The summed E-state index contributed by atoms with van der Waals surface area (Å²) in [5.41, 5.74) is 1.01. The fourth-order valence-electron chi connectivity index (χ4n) is 2.16. The fourth-order valence-corrected chi connectivity index (χ4v) is 3.15. The van der Waals surface area contributed by atoms with E-state index >= 15 is 0 Å². The van der Waals surface area contributed by atoms with Crippen molar-refractivity contribution in [2.45, 2.75) is 33.2 Å². The van der Waals surface area contributed by atoms with E-state index in [1.165, 1.54) is 4.88 Å². The van der Waals surface area contributed by atoms with Crippen LogP contribution in [0, 0.1) is 0 Å². The van der Waals surface area contributed by atoms with Crippen LogP contribution in [0.2, 0.25) is 0 Å². The molecule has 0 saturated heterocycles. The van der Waals surface area contributed by atoms with Crippen LogP contribution in [0.1, 0.15) is 30.2 Å². The van der Waals surface area contributed by atoms with E-state index in [0.29, 0.717) is 6.54 Å². The molecule has 0 unspecified atom stereocenters. The second-order valence-electron chi connectivity index (χ2n) is 4.80. The van der Waals surface area contributed by atoms with Crippen LogP contribution < -0.4 is 5.32 Å². The number of nitrogens with zero attached hydrogens (tertiary/aromatic N) is 3. The minimum absolute atomic E-state index is 0. The van der Waals surface area contributed by atoms with Crippen molar-refractivity contribution in [1.29, 1.82) is 0 Å². The molecule has 0 amide bonds. The Labute approximate surface area is 140 Å². The predicted octanol–water partition coefficient (Wildman–Crippen LogP) is 4.25. The zero-order chi connectivity index (χ0) is 14.7. The van der Waals surface area contributed by atoms with Crippen LogP contribution in [-0.4, -0.2) is 15.0 Å². The molecule has 6 heteroatoms. The molecule has 0 aromatic carbocycles. The van der Waals surface area contributed by atoms with Crippen LogP contribution in [0.15, 0.2) is 30.5 Å². The van der Waals surface area contributed by atoms with Gasteiger partial charge in [0.05, 0.1) is 17.6 Å². The molecular formula is C16H19ClN4S. The molecule has 0 aliphatic rings. The number of hydrogen-bond acceptors (Lipinski definition) is 5. The second-order valence-corrected chi connectivity index (χ2v) is 5.92. The van der Waals surface area contributed by atoms with Crippen molar-refractivity contribution in [3.63, 3.8) is 0 Å². The van der Waals surface area contributed by atoms with Crippen molar-refractivity contribution in [3.05, 3.63) is 46.9 Å². The number of pyridine rings is 1. The van der Waals surface area contributed by atoms with E-state index in [4.69, 9.17) is 0 Å². The third-order valence-corrected chi connectivity index (χ3v) is 4.49. The van der Waals surface area contributed by atoms with Gasteiger partial charge in [0.1, 0.15) is 16.5 Å². The number of thiophene rings is 1. The maximum atomic E-state index is 4.64. The van der Waals surface area contributed by atoms with Crippen molar-refractivity contribution < 1.29 is 0 Å². The second kappa shape index (κ2) is 7.51. The number of hydrogen-bond donors (Lipinski definition) is 1. The first-order chi connectivity index (χ1) is 10.3. The SMILES string of the molecule is CCc1nc(NCc2ccccn2)c2cc(CC)sc2n1.Cl. The average molecular weight is 335 g/mol. The molecular weight excluding hydrogens is 316 g/mol. The smallest absolute Gasteiger partial charge is 0.138 e. The first-order valence-electron chi connectivity index (χ1n) is 7.23. The van der Waals surface area contributed by atoms with E-state index in [0.717, 1.165) is 40.4 Å². The number of nitrogens with one attached hydrogen (secondary N) is 1. The topological polar surface area (TPSA) is 50.7 Å². The largest absolute Gasteiger partial charge is 0.364 e. The van der Waals surface area contributed by atoms with Gasteiger partial charge < -0.3 is 5.32 Å². The van der Waals surface area contributed by atoms with Gasteiger partial charge in [-0.1, -0.05) is 19.9 Å². The van der Waals surface area contributed by atoms with Crippen LogP contribution in [-0.2, 0) is 19.4 Å². The zero-order valence-corrected chi connectivity index (χ0v) is 14.3. The molecule has 0 spiro atoms. The Balaban J connectivity index is 0.00000176. The first kappa shape index (κ1) is 16.6. The number of aryl methyl sites for hydroxylation is 2. The molecule has 1 N–H and O–H groups in total. The summed E-state index contributed by atoms with van der Waals surface area (Å²) in [5, 5.41) is 4.52. The molecule has 116 valence electrons. The van der Waals surface area contributed by atoms with Crippen LogP contribution in [0.4, 0.5) is 5.82 Å². The molecule has 0 atom stereocenters. The zero-order valence-electron chi connectivity index (χ0n) is 12.7. The lowest BCUT2D eigenvalue weighted by atomic mass is 10.3. The number of aromatic nitrogens is 3. The first-order valence-corrected chi connectivity index (χ1v) is 8.05. The Morgan fingerprint density at radius 3 is 2.68 bits per heavy atom. The summed E-state index contributed by atoms with van der Waals surface area (Å²) < 4.78 is 0. The standard InChI is InChI=1S/C16H18N4S.ClH/c1-3-12-9-13-15(18-10-11-7-5-6-8-17-11)19-14(4-2)20-16(13)21-12;/h5-9H,3-4,10H2,1-2H3,(H,18,19,20);1H. The Bertz CT molecular complexity index is 742. The average Bonchev–Trinajstić information content (AvgIpc) is 2.96. The number of halogens is 1. The summed E-state index contributed by atoms with van der Waals surface area (Å²) >= 11 is 1.76. The molecule has 3 heterocycles. The van der Waals surface area contributed by atoms with Crippen LogP contribution in [0.3, 0.4) is 0 Å². The highest BCUT2D eigenvalue weighted by Crippen LogP contribution is 2.29. The molecule has 0 fully saturated rings.